The van der Waals surface area contributed by atoms with Gasteiger partial charge in [-0.15, -0.1) is 0 Å². The molecule has 25 heavy (non-hydrogen) atoms. The molecule has 0 spiro atoms. The van der Waals surface area contributed by atoms with Crippen molar-refractivity contribution in [3.8, 4) is 5.75 Å². The topological polar surface area (TPSA) is 64.6 Å². The summed E-state index contributed by atoms with van der Waals surface area (Å²) in [4.78, 5) is 22.7. The van der Waals surface area contributed by atoms with Crippen LogP contribution in [0.1, 0.15) is 28.4 Å². The summed E-state index contributed by atoms with van der Waals surface area (Å²) in [6.45, 7) is 2.94. The molecule has 1 amide bonds. The summed E-state index contributed by atoms with van der Waals surface area (Å²) in [6.07, 6.45) is 3.89. The average Bonchev–Trinajstić information content (AvgIpc) is 2.65. The van der Waals surface area contributed by atoms with Crippen molar-refractivity contribution in [2.75, 3.05) is 13.2 Å². The average molecular weight is 339 g/mol. The molecule has 0 unspecified atom stereocenters. The quantitative estimate of drug-likeness (QED) is 0.742. The number of carbonyl (C=O) groups excluding carboxylic acids is 2. The zero-order valence-corrected chi connectivity index (χ0v) is 14.1. The van der Waals surface area contributed by atoms with E-state index in [-0.39, 0.29) is 6.61 Å². The van der Waals surface area contributed by atoms with Crippen LogP contribution in [-0.4, -0.2) is 25.5 Å². The van der Waals surface area contributed by atoms with E-state index in [9.17, 15) is 9.59 Å². The van der Waals surface area contributed by atoms with Gasteiger partial charge >= 0.3 is 6.09 Å². The van der Waals surface area contributed by atoms with E-state index in [4.69, 9.17) is 9.47 Å². The Labute approximate surface area is 147 Å². The molecule has 5 nitrogen and oxygen atoms in total. The SMILES string of the molecule is CCOc1ccc(C=CCNC(=O)OCc2ccccc2)cc1C=O. The molecule has 0 heterocycles. The number of alkyl carbamates (subject to hydrolysis) is 1. The fraction of sp³-hybridized carbons (Fsp3) is 0.200. The minimum atomic E-state index is -0.478. The lowest BCUT2D eigenvalue weighted by Gasteiger charge is -2.07. The summed E-state index contributed by atoms with van der Waals surface area (Å²) in [6, 6.07) is 14.8. The Balaban J connectivity index is 1.78. The van der Waals surface area contributed by atoms with Crippen LogP contribution in [0.4, 0.5) is 4.79 Å². The van der Waals surface area contributed by atoms with Crippen LogP contribution in [-0.2, 0) is 11.3 Å². The lowest BCUT2D eigenvalue weighted by Crippen LogP contribution is -2.24. The monoisotopic (exact) mass is 339 g/mol. The van der Waals surface area contributed by atoms with E-state index < -0.39 is 6.09 Å². The van der Waals surface area contributed by atoms with Crippen LogP contribution < -0.4 is 10.1 Å². The Hall–Kier alpha value is -3.08. The summed E-state index contributed by atoms with van der Waals surface area (Å²) < 4.78 is 10.5. The molecule has 0 bridgehead atoms. The molecule has 130 valence electrons. The van der Waals surface area contributed by atoms with Crippen molar-refractivity contribution in [3.63, 3.8) is 0 Å². The molecule has 0 aliphatic rings. The lowest BCUT2D eigenvalue weighted by atomic mass is 10.1. The predicted octanol–water partition coefficient (Wildman–Crippen LogP) is 3.84. The largest absolute Gasteiger partial charge is 0.493 e. The lowest BCUT2D eigenvalue weighted by molar-refractivity contribution is 0.111. The van der Waals surface area contributed by atoms with Gasteiger partial charge in [-0.2, -0.15) is 0 Å². The van der Waals surface area contributed by atoms with Gasteiger partial charge < -0.3 is 14.8 Å². The van der Waals surface area contributed by atoms with E-state index in [0.717, 1.165) is 17.4 Å². The second-order valence-corrected chi connectivity index (χ2v) is 5.19. The van der Waals surface area contributed by atoms with Gasteiger partial charge in [0, 0.05) is 6.54 Å². The number of aldehydes is 1. The maximum Gasteiger partial charge on any atom is 0.407 e. The van der Waals surface area contributed by atoms with Crippen molar-refractivity contribution in [2.24, 2.45) is 0 Å². The number of rotatable bonds is 8. The molecule has 5 heteroatoms. The number of ether oxygens (including phenoxy) is 2. The predicted molar refractivity (Wildman–Crippen MR) is 96.7 cm³/mol. The number of benzene rings is 2. The number of hydrogen-bond acceptors (Lipinski definition) is 4. The van der Waals surface area contributed by atoms with Crippen molar-refractivity contribution >= 4 is 18.5 Å². The molecule has 2 rings (SSSR count). The van der Waals surface area contributed by atoms with E-state index >= 15 is 0 Å². The number of hydrogen-bond donors (Lipinski definition) is 1. The van der Waals surface area contributed by atoms with Gasteiger partial charge in [0.25, 0.3) is 0 Å². The maximum atomic E-state index is 11.6. The van der Waals surface area contributed by atoms with E-state index in [1.165, 1.54) is 0 Å². The molecule has 0 saturated heterocycles. The van der Waals surface area contributed by atoms with E-state index in [2.05, 4.69) is 5.32 Å². The van der Waals surface area contributed by atoms with Gasteiger partial charge in [-0.3, -0.25) is 4.79 Å². The van der Waals surface area contributed by atoms with Crippen LogP contribution in [0, 0.1) is 0 Å². The van der Waals surface area contributed by atoms with Gasteiger partial charge in [0.05, 0.1) is 12.2 Å². The number of carbonyl (C=O) groups is 2. The third kappa shape index (κ3) is 6.14. The van der Waals surface area contributed by atoms with Gasteiger partial charge in [-0.05, 0) is 30.2 Å². The molecule has 0 radical (unpaired) electrons. The molecule has 2 aromatic rings. The minimum absolute atomic E-state index is 0.234. The van der Waals surface area contributed by atoms with Crippen molar-refractivity contribution in [1.29, 1.82) is 0 Å². The normalized spacial score (nSPS) is 10.4. The molecule has 1 N–H and O–H groups in total. The van der Waals surface area contributed by atoms with Crippen molar-refractivity contribution in [3.05, 3.63) is 71.3 Å². The maximum absolute atomic E-state index is 11.6. The Morgan fingerprint density at radius 1 is 1.16 bits per heavy atom. The summed E-state index contributed by atoms with van der Waals surface area (Å²) >= 11 is 0. The van der Waals surface area contributed by atoms with Gasteiger partial charge in [-0.1, -0.05) is 48.6 Å². The summed E-state index contributed by atoms with van der Waals surface area (Å²) in [5.41, 5.74) is 2.29. The number of amides is 1. The minimum Gasteiger partial charge on any atom is -0.493 e. The van der Waals surface area contributed by atoms with Gasteiger partial charge in [0.15, 0.2) is 6.29 Å². The zero-order chi connectivity index (χ0) is 17.9. The van der Waals surface area contributed by atoms with Crippen molar-refractivity contribution in [1.82, 2.24) is 5.32 Å². The van der Waals surface area contributed by atoms with E-state index in [0.29, 0.717) is 24.5 Å². The second kappa shape index (κ2) is 9.93. The molecule has 0 saturated carbocycles. The first-order valence-corrected chi connectivity index (χ1v) is 8.06. The number of nitrogens with one attached hydrogen (secondary N) is 1. The van der Waals surface area contributed by atoms with Crippen molar-refractivity contribution in [2.45, 2.75) is 13.5 Å². The van der Waals surface area contributed by atoms with E-state index in [1.54, 1.807) is 18.2 Å². The molecular formula is C20H21NO4. The first-order chi connectivity index (χ1) is 12.2. The summed E-state index contributed by atoms with van der Waals surface area (Å²) in [7, 11) is 0. The van der Waals surface area contributed by atoms with Crippen LogP contribution >= 0.6 is 0 Å². The smallest absolute Gasteiger partial charge is 0.407 e. The van der Waals surface area contributed by atoms with Gasteiger partial charge in [0.1, 0.15) is 12.4 Å². The molecular weight excluding hydrogens is 318 g/mol. The summed E-state index contributed by atoms with van der Waals surface area (Å²) in [5.74, 6) is 0.567. The molecule has 0 aromatic heterocycles. The van der Waals surface area contributed by atoms with Gasteiger partial charge in [0.2, 0.25) is 0 Å². The fourth-order valence-electron chi connectivity index (χ4n) is 2.16. The molecule has 0 aliphatic heterocycles. The molecule has 0 fully saturated rings. The highest BCUT2D eigenvalue weighted by Gasteiger charge is 2.03. The van der Waals surface area contributed by atoms with Crippen LogP contribution in [0.2, 0.25) is 0 Å². The van der Waals surface area contributed by atoms with Crippen LogP contribution in [0.25, 0.3) is 6.08 Å². The Kier molecular flexibility index (Phi) is 7.25. The van der Waals surface area contributed by atoms with E-state index in [1.807, 2.05) is 49.4 Å². The first kappa shape index (κ1) is 18.3. The molecule has 0 aliphatic carbocycles. The van der Waals surface area contributed by atoms with Crippen LogP contribution in [0.3, 0.4) is 0 Å². The highest BCUT2D eigenvalue weighted by Crippen LogP contribution is 2.19. The third-order valence-electron chi connectivity index (χ3n) is 3.35. The standard InChI is InChI=1S/C20H21NO4/c1-2-24-19-11-10-16(13-18(19)14-22)9-6-12-21-20(23)25-15-17-7-4-3-5-8-17/h3-11,13-14H,2,12,15H2,1H3,(H,21,23). The highest BCUT2D eigenvalue weighted by atomic mass is 16.5. The third-order valence-corrected chi connectivity index (χ3v) is 3.35. The fourth-order valence-corrected chi connectivity index (χ4v) is 2.16. The summed E-state index contributed by atoms with van der Waals surface area (Å²) in [5, 5.41) is 2.64. The highest BCUT2D eigenvalue weighted by molar-refractivity contribution is 5.80. The van der Waals surface area contributed by atoms with Crippen LogP contribution in [0.5, 0.6) is 5.75 Å². The van der Waals surface area contributed by atoms with Crippen molar-refractivity contribution < 1.29 is 19.1 Å². The zero-order valence-electron chi connectivity index (χ0n) is 14.1. The first-order valence-electron chi connectivity index (χ1n) is 8.06. The Bertz CT molecular complexity index is 726. The molecule has 2 aromatic carbocycles. The van der Waals surface area contributed by atoms with Crippen LogP contribution in [0.15, 0.2) is 54.6 Å². The molecule has 0 atom stereocenters. The van der Waals surface area contributed by atoms with Gasteiger partial charge in [-0.25, -0.2) is 4.79 Å². The second-order valence-electron chi connectivity index (χ2n) is 5.19. The Morgan fingerprint density at radius 3 is 2.68 bits per heavy atom. The Morgan fingerprint density at radius 2 is 1.96 bits per heavy atom.